The lowest BCUT2D eigenvalue weighted by molar-refractivity contribution is -0.143. The predicted molar refractivity (Wildman–Crippen MR) is 196 cm³/mol. The SMILES string of the molecule is Cc1ncsc1-c1ccc([C@H](C)CC(=O)[C@@H]2C[C@@H](O)CN2C(=O)[C@@H](NC(=O)CN(C)CC2(F)CCN(C(=O)OC(C)(C)C)CC2)C(C)(C)C)cc1. The van der Waals surface area contributed by atoms with Crippen molar-refractivity contribution in [2.24, 2.45) is 5.41 Å². The summed E-state index contributed by atoms with van der Waals surface area (Å²) in [5.74, 6) is -1.13. The minimum atomic E-state index is -1.59. The van der Waals surface area contributed by atoms with E-state index in [9.17, 15) is 24.3 Å². The van der Waals surface area contributed by atoms with Crippen LogP contribution >= 0.6 is 11.3 Å². The average molecular weight is 730 g/mol. The second kappa shape index (κ2) is 16.1. The zero-order valence-corrected chi connectivity index (χ0v) is 32.4. The van der Waals surface area contributed by atoms with Gasteiger partial charge in [0.05, 0.1) is 34.8 Å². The molecule has 2 aliphatic rings. The number of carbonyl (C=O) groups excluding carboxylic acids is 4. The Labute approximate surface area is 305 Å². The number of piperidine rings is 1. The molecule has 3 heterocycles. The first-order chi connectivity index (χ1) is 23.7. The number of halogens is 1. The van der Waals surface area contributed by atoms with Crippen molar-refractivity contribution in [3.05, 3.63) is 41.0 Å². The van der Waals surface area contributed by atoms with Crippen molar-refractivity contribution in [1.29, 1.82) is 0 Å². The predicted octanol–water partition coefficient (Wildman–Crippen LogP) is 5.34. The van der Waals surface area contributed by atoms with Crippen molar-refractivity contribution in [3.63, 3.8) is 0 Å². The highest BCUT2D eigenvalue weighted by molar-refractivity contribution is 7.13. The number of aromatic nitrogens is 1. The Morgan fingerprint density at radius 2 is 1.75 bits per heavy atom. The Morgan fingerprint density at radius 1 is 1.12 bits per heavy atom. The zero-order chi connectivity index (χ0) is 37.9. The van der Waals surface area contributed by atoms with Crippen molar-refractivity contribution >= 4 is 35.0 Å². The normalized spacial score (nSPS) is 20.6. The standard InChI is InChI=1S/C38H56FN5O6S/c1-24(26-10-12-27(13-11-26)32-25(2)40-23-51-32)18-30(46)29-19-28(45)20-44(29)34(48)33(36(3,4)5)41-31(47)21-42(9)22-38(39)14-16-43(17-15-38)35(49)50-37(6,7)8/h10-13,23-24,28-29,33,45H,14-22H2,1-9H3,(H,41,47)/t24-,28-,29+,33-/m1/s1. The lowest BCUT2D eigenvalue weighted by Crippen LogP contribution is -2.58. The first-order valence-electron chi connectivity index (χ1n) is 17.8. The van der Waals surface area contributed by atoms with E-state index < -0.39 is 52.8 Å². The number of β-amino-alcohol motifs (C(OH)–C–C–N with tert-alkyl or cyclic N) is 1. The summed E-state index contributed by atoms with van der Waals surface area (Å²) < 4.78 is 21.2. The molecule has 51 heavy (non-hydrogen) atoms. The van der Waals surface area contributed by atoms with Crippen LogP contribution in [0.2, 0.25) is 0 Å². The van der Waals surface area contributed by atoms with Crippen molar-refractivity contribution in [3.8, 4) is 10.4 Å². The number of alkyl halides is 1. The Hall–Kier alpha value is -3.42. The maximum atomic E-state index is 15.8. The van der Waals surface area contributed by atoms with Crippen molar-refractivity contribution in [2.45, 2.75) is 116 Å². The van der Waals surface area contributed by atoms with Gasteiger partial charge in [-0.25, -0.2) is 14.2 Å². The van der Waals surface area contributed by atoms with Gasteiger partial charge in [-0.05, 0) is 57.2 Å². The van der Waals surface area contributed by atoms with Gasteiger partial charge >= 0.3 is 6.09 Å². The van der Waals surface area contributed by atoms with Gasteiger partial charge < -0.3 is 25.0 Å². The fourth-order valence-electron chi connectivity index (χ4n) is 6.84. The molecule has 1 aromatic heterocycles. The number of ketones is 1. The maximum Gasteiger partial charge on any atom is 0.410 e. The summed E-state index contributed by atoms with van der Waals surface area (Å²) in [7, 11) is 1.65. The Balaban J connectivity index is 1.34. The molecule has 0 saturated carbocycles. The van der Waals surface area contributed by atoms with E-state index in [1.54, 1.807) is 44.1 Å². The van der Waals surface area contributed by atoms with Crippen LogP contribution in [0.25, 0.3) is 10.4 Å². The molecule has 13 heteroatoms. The van der Waals surface area contributed by atoms with E-state index in [-0.39, 0.29) is 70.1 Å². The quantitative estimate of drug-likeness (QED) is 0.317. The number of likely N-dealkylation sites (tertiary alicyclic amines) is 2. The molecule has 282 valence electrons. The van der Waals surface area contributed by atoms with E-state index in [1.807, 2.05) is 64.4 Å². The minimum Gasteiger partial charge on any atom is -0.444 e. The number of likely N-dealkylation sites (N-methyl/N-ethyl adjacent to an activating group) is 1. The third-order valence-corrected chi connectivity index (χ3v) is 10.6. The lowest BCUT2D eigenvalue weighted by atomic mass is 9.85. The van der Waals surface area contributed by atoms with Crippen LogP contribution in [0.4, 0.5) is 9.18 Å². The fraction of sp³-hybridized carbons (Fsp3) is 0.658. The molecule has 2 aliphatic heterocycles. The number of aliphatic hydroxyl groups excluding tert-OH is 1. The van der Waals surface area contributed by atoms with Crippen LogP contribution in [-0.4, -0.2) is 118 Å². The number of rotatable bonds is 11. The molecule has 4 atom stereocenters. The number of ether oxygens (including phenoxy) is 1. The van der Waals surface area contributed by atoms with E-state index in [0.29, 0.717) is 0 Å². The largest absolute Gasteiger partial charge is 0.444 e. The molecule has 0 unspecified atom stereocenters. The maximum absolute atomic E-state index is 15.8. The molecule has 1 aromatic carbocycles. The number of benzene rings is 1. The van der Waals surface area contributed by atoms with E-state index in [1.165, 1.54) is 9.80 Å². The van der Waals surface area contributed by atoms with Gasteiger partial charge in [0.2, 0.25) is 11.8 Å². The number of hydrogen-bond acceptors (Lipinski definition) is 9. The summed E-state index contributed by atoms with van der Waals surface area (Å²) in [6.07, 6.45) is -0.761. The topological polar surface area (TPSA) is 132 Å². The number of Topliss-reactive ketones (excluding diaryl/α,β-unsaturated/α-hetero) is 1. The van der Waals surface area contributed by atoms with Crippen LogP contribution in [0.1, 0.15) is 91.3 Å². The second-order valence-corrected chi connectivity index (χ2v) is 17.4. The van der Waals surface area contributed by atoms with Crippen LogP contribution in [0.3, 0.4) is 0 Å². The first kappa shape index (κ1) is 40.4. The van der Waals surface area contributed by atoms with Gasteiger partial charge in [0.1, 0.15) is 17.3 Å². The van der Waals surface area contributed by atoms with Crippen LogP contribution in [0, 0.1) is 12.3 Å². The summed E-state index contributed by atoms with van der Waals surface area (Å²) >= 11 is 1.58. The van der Waals surface area contributed by atoms with Crippen molar-refractivity contribution in [1.82, 2.24) is 25.0 Å². The van der Waals surface area contributed by atoms with E-state index in [4.69, 9.17) is 4.74 Å². The van der Waals surface area contributed by atoms with Crippen LogP contribution in [-0.2, 0) is 19.1 Å². The average Bonchev–Trinajstić information content (AvgIpc) is 3.63. The van der Waals surface area contributed by atoms with Gasteiger partial charge in [-0.1, -0.05) is 52.0 Å². The molecule has 2 saturated heterocycles. The second-order valence-electron chi connectivity index (χ2n) is 16.5. The smallest absolute Gasteiger partial charge is 0.410 e. The highest BCUT2D eigenvalue weighted by Gasteiger charge is 2.45. The van der Waals surface area contributed by atoms with Gasteiger partial charge in [-0.3, -0.25) is 19.3 Å². The summed E-state index contributed by atoms with van der Waals surface area (Å²) in [5.41, 5.74) is 1.91. The van der Waals surface area contributed by atoms with Crippen LogP contribution in [0.5, 0.6) is 0 Å². The summed E-state index contributed by atoms with van der Waals surface area (Å²) in [5, 5.41) is 13.5. The Kier molecular flexibility index (Phi) is 12.7. The monoisotopic (exact) mass is 729 g/mol. The zero-order valence-electron chi connectivity index (χ0n) is 31.6. The fourth-order valence-corrected chi connectivity index (χ4v) is 7.65. The lowest BCUT2D eigenvalue weighted by Gasteiger charge is -2.39. The molecule has 0 spiro atoms. The number of thiazole rings is 1. The summed E-state index contributed by atoms with van der Waals surface area (Å²) in [4.78, 5) is 63.4. The molecule has 3 amide bonds. The molecule has 2 N–H and O–H groups in total. The molecular weight excluding hydrogens is 674 g/mol. The molecule has 0 bridgehead atoms. The van der Waals surface area contributed by atoms with Gasteiger partial charge in [0.25, 0.3) is 0 Å². The molecule has 11 nitrogen and oxygen atoms in total. The van der Waals surface area contributed by atoms with E-state index >= 15 is 4.39 Å². The van der Waals surface area contributed by atoms with Crippen molar-refractivity contribution in [2.75, 3.05) is 39.8 Å². The highest BCUT2D eigenvalue weighted by atomic mass is 32.1. The third kappa shape index (κ3) is 10.8. The Morgan fingerprint density at radius 3 is 2.29 bits per heavy atom. The van der Waals surface area contributed by atoms with Crippen molar-refractivity contribution < 1.29 is 33.4 Å². The van der Waals surface area contributed by atoms with Gasteiger partial charge in [-0.15, -0.1) is 11.3 Å². The minimum absolute atomic E-state index is 0.000441. The number of amides is 3. The first-order valence-corrected chi connectivity index (χ1v) is 18.7. The number of carbonyl (C=O) groups is 4. The molecule has 0 aliphatic carbocycles. The summed E-state index contributed by atoms with van der Waals surface area (Å²) in [6.45, 7) is 15.1. The molecule has 4 rings (SSSR count). The van der Waals surface area contributed by atoms with Gasteiger partial charge in [-0.2, -0.15) is 0 Å². The van der Waals surface area contributed by atoms with Gasteiger partial charge in [0, 0.05) is 51.9 Å². The highest BCUT2D eigenvalue weighted by Crippen LogP contribution is 2.32. The molecule has 2 aromatic rings. The van der Waals surface area contributed by atoms with Crippen LogP contribution in [0.15, 0.2) is 29.8 Å². The molecule has 2 fully saturated rings. The van der Waals surface area contributed by atoms with E-state index in [0.717, 1.165) is 21.7 Å². The number of aliphatic hydroxyl groups is 1. The Bertz CT molecular complexity index is 1540. The number of nitrogens with one attached hydrogen (secondary N) is 1. The van der Waals surface area contributed by atoms with Gasteiger partial charge in [0.15, 0.2) is 5.78 Å². The van der Waals surface area contributed by atoms with Crippen LogP contribution < -0.4 is 5.32 Å². The number of hydrogen-bond donors (Lipinski definition) is 2. The molecule has 0 radical (unpaired) electrons. The number of aryl methyl sites for hydroxylation is 1. The third-order valence-electron chi connectivity index (χ3n) is 9.62. The summed E-state index contributed by atoms with van der Waals surface area (Å²) in [6, 6.07) is 6.30. The van der Waals surface area contributed by atoms with E-state index in [2.05, 4.69) is 10.3 Å². The number of nitrogens with zero attached hydrogens (tertiary/aromatic N) is 4. The molecular formula is C38H56FN5O6S.